The van der Waals surface area contributed by atoms with Crippen LogP contribution in [0.5, 0.6) is 0 Å². The van der Waals surface area contributed by atoms with Crippen LogP contribution < -0.4 is 5.73 Å². The lowest BCUT2D eigenvalue weighted by atomic mass is 10.1. The number of halogens is 3. The monoisotopic (exact) mass is 293 g/mol. The van der Waals surface area contributed by atoms with E-state index in [1.165, 1.54) is 18.5 Å². The van der Waals surface area contributed by atoms with Crippen molar-refractivity contribution in [2.75, 3.05) is 5.73 Å². The van der Waals surface area contributed by atoms with Crippen LogP contribution in [0.15, 0.2) is 30.6 Å². The summed E-state index contributed by atoms with van der Waals surface area (Å²) in [5.74, 6) is 0.850. The van der Waals surface area contributed by atoms with Gasteiger partial charge in [0.2, 0.25) is 0 Å². The largest absolute Gasteiger partial charge is 0.416 e. The molecule has 8 heteroatoms. The van der Waals surface area contributed by atoms with E-state index >= 15 is 0 Å². The van der Waals surface area contributed by atoms with Crippen LogP contribution in [0, 0.1) is 0 Å². The van der Waals surface area contributed by atoms with Crippen molar-refractivity contribution in [3.8, 4) is 0 Å². The van der Waals surface area contributed by atoms with Crippen molar-refractivity contribution < 1.29 is 13.2 Å². The van der Waals surface area contributed by atoms with Crippen molar-refractivity contribution in [2.45, 2.75) is 12.6 Å². The number of nitrogens with two attached hydrogens (primary N) is 1. The molecule has 0 aliphatic heterocycles. The molecule has 0 unspecified atom stereocenters. The first-order chi connectivity index (χ1) is 9.93. The number of nitrogen functional groups attached to an aromatic ring is 1. The molecule has 2 aromatic heterocycles. The van der Waals surface area contributed by atoms with Gasteiger partial charge in [-0.15, -0.1) is 0 Å². The molecule has 0 amide bonds. The minimum absolute atomic E-state index is 0.283. The van der Waals surface area contributed by atoms with E-state index in [1.807, 2.05) is 0 Å². The molecule has 1 aromatic carbocycles. The standard InChI is InChI=1S/C13H10F3N5/c14-13(15,16)8-3-1-7(2-4-8)5-9-20-10-11(17)18-6-19-12(10)21-9/h1-4,6H,5H2,(H3,17,18,19,20,21). The third kappa shape index (κ3) is 2.64. The minimum Gasteiger partial charge on any atom is -0.382 e. The fraction of sp³-hybridized carbons (Fsp3) is 0.154. The first-order valence-electron chi connectivity index (χ1n) is 6.04. The number of aromatic amines is 1. The van der Waals surface area contributed by atoms with Gasteiger partial charge in [0.15, 0.2) is 11.5 Å². The molecule has 0 atom stereocenters. The summed E-state index contributed by atoms with van der Waals surface area (Å²) >= 11 is 0. The second-order valence-electron chi connectivity index (χ2n) is 4.51. The van der Waals surface area contributed by atoms with Crippen molar-refractivity contribution in [3.63, 3.8) is 0 Å². The molecule has 0 aliphatic carbocycles. The normalized spacial score (nSPS) is 12.0. The van der Waals surface area contributed by atoms with Crippen LogP contribution in [0.25, 0.3) is 11.2 Å². The summed E-state index contributed by atoms with van der Waals surface area (Å²) in [6.45, 7) is 0. The van der Waals surface area contributed by atoms with Gasteiger partial charge in [-0.3, -0.25) is 0 Å². The predicted molar refractivity (Wildman–Crippen MR) is 70.3 cm³/mol. The molecule has 0 radical (unpaired) electrons. The first kappa shape index (κ1) is 13.3. The van der Waals surface area contributed by atoms with Gasteiger partial charge >= 0.3 is 6.18 Å². The summed E-state index contributed by atoms with van der Waals surface area (Å²) in [5.41, 5.74) is 6.67. The maximum atomic E-state index is 12.5. The quantitative estimate of drug-likeness (QED) is 0.761. The van der Waals surface area contributed by atoms with Crippen LogP contribution in [-0.4, -0.2) is 19.9 Å². The van der Waals surface area contributed by atoms with Gasteiger partial charge in [0.05, 0.1) is 5.56 Å². The first-order valence-corrected chi connectivity index (χ1v) is 6.04. The fourth-order valence-electron chi connectivity index (χ4n) is 1.98. The highest BCUT2D eigenvalue weighted by molar-refractivity contribution is 5.81. The number of rotatable bonds is 2. The topological polar surface area (TPSA) is 80.5 Å². The molecule has 0 saturated heterocycles. The van der Waals surface area contributed by atoms with Gasteiger partial charge in [0, 0.05) is 6.42 Å². The van der Waals surface area contributed by atoms with Crippen LogP contribution in [0.4, 0.5) is 19.0 Å². The number of nitrogens with one attached hydrogen (secondary N) is 1. The molecular formula is C13H10F3N5. The summed E-state index contributed by atoms with van der Waals surface area (Å²) in [5, 5.41) is 0. The third-order valence-corrected chi connectivity index (χ3v) is 3.02. The van der Waals surface area contributed by atoms with E-state index in [1.54, 1.807) is 0 Å². The summed E-state index contributed by atoms with van der Waals surface area (Å²) in [6.07, 6.45) is -2.67. The number of fused-ring (bicyclic) bond motifs is 1. The van der Waals surface area contributed by atoms with Gasteiger partial charge in [-0.25, -0.2) is 15.0 Å². The lowest BCUT2D eigenvalue weighted by Gasteiger charge is -2.06. The van der Waals surface area contributed by atoms with Crippen molar-refractivity contribution in [2.24, 2.45) is 0 Å². The minimum atomic E-state index is -4.33. The summed E-state index contributed by atoms with van der Waals surface area (Å²) in [4.78, 5) is 15.0. The fourth-order valence-corrected chi connectivity index (χ4v) is 1.98. The number of anilines is 1. The number of aromatic nitrogens is 4. The van der Waals surface area contributed by atoms with Crippen molar-refractivity contribution >= 4 is 17.0 Å². The molecule has 0 aliphatic rings. The Morgan fingerprint density at radius 2 is 1.81 bits per heavy atom. The zero-order chi connectivity index (χ0) is 15.0. The Kier molecular flexibility index (Phi) is 3.00. The molecule has 0 bridgehead atoms. The average molecular weight is 293 g/mol. The van der Waals surface area contributed by atoms with E-state index in [-0.39, 0.29) is 5.82 Å². The third-order valence-electron chi connectivity index (χ3n) is 3.02. The van der Waals surface area contributed by atoms with Gasteiger partial charge in [-0.05, 0) is 17.7 Å². The second kappa shape index (κ2) is 4.72. The van der Waals surface area contributed by atoms with E-state index in [9.17, 15) is 13.2 Å². The smallest absolute Gasteiger partial charge is 0.382 e. The van der Waals surface area contributed by atoms with E-state index < -0.39 is 11.7 Å². The highest BCUT2D eigenvalue weighted by Gasteiger charge is 2.29. The Morgan fingerprint density at radius 3 is 2.43 bits per heavy atom. The van der Waals surface area contributed by atoms with E-state index in [4.69, 9.17) is 5.73 Å². The maximum absolute atomic E-state index is 12.5. The number of alkyl halides is 3. The SMILES string of the molecule is Nc1ncnc2nc(Cc3ccc(C(F)(F)F)cc3)[nH]c12. The Labute approximate surface area is 117 Å². The van der Waals surface area contributed by atoms with Crippen LogP contribution in [-0.2, 0) is 12.6 Å². The highest BCUT2D eigenvalue weighted by atomic mass is 19.4. The molecule has 108 valence electrons. The average Bonchev–Trinajstić information content (AvgIpc) is 2.82. The molecule has 0 fully saturated rings. The highest BCUT2D eigenvalue weighted by Crippen LogP contribution is 2.29. The van der Waals surface area contributed by atoms with Gasteiger partial charge < -0.3 is 10.7 Å². The second-order valence-corrected chi connectivity index (χ2v) is 4.51. The number of hydrogen-bond donors (Lipinski definition) is 2. The van der Waals surface area contributed by atoms with Crippen molar-refractivity contribution in [1.29, 1.82) is 0 Å². The number of imidazole rings is 1. The number of nitrogens with zero attached hydrogens (tertiary/aromatic N) is 3. The molecule has 3 aromatic rings. The molecule has 0 saturated carbocycles. The van der Waals surface area contributed by atoms with Crippen LogP contribution in [0.1, 0.15) is 17.0 Å². The molecule has 5 nitrogen and oxygen atoms in total. The Hall–Kier alpha value is -2.64. The molecule has 21 heavy (non-hydrogen) atoms. The van der Waals surface area contributed by atoms with Crippen LogP contribution >= 0.6 is 0 Å². The zero-order valence-electron chi connectivity index (χ0n) is 10.6. The van der Waals surface area contributed by atoms with Crippen LogP contribution in [0.2, 0.25) is 0 Å². The lowest BCUT2D eigenvalue weighted by Crippen LogP contribution is -2.04. The predicted octanol–water partition coefficient (Wildman–Crippen LogP) is 2.54. The van der Waals surface area contributed by atoms with E-state index in [0.29, 0.717) is 29.0 Å². The van der Waals surface area contributed by atoms with Gasteiger partial charge in [-0.2, -0.15) is 13.2 Å². The molecule has 0 spiro atoms. The Balaban J connectivity index is 1.87. The number of H-pyrrole nitrogens is 1. The molecule has 3 N–H and O–H groups in total. The van der Waals surface area contributed by atoms with E-state index in [0.717, 1.165) is 12.1 Å². The number of hydrogen-bond acceptors (Lipinski definition) is 4. The molecule has 2 heterocycles. The van der Waals surface area contributed by atoms with Gasteiger partial charge in [-0.1, -0.05) is 12.1 Å². The summed E-state index contributed by atoms with van der Waals surface area (Å²) in [6, 6.07) is 4.94. The lowest BCUT2D eigenvalue weighted by molar-refractivity contribution is -0.137. The van der Waals surface area contributed by atoms with Crippen LogP contribution in [0.3, 0.4) is 0 Å². The maximum Gasteiger partial charge on any atom is 0.416 e. The van der Waals surface area contributed by atoms with Crippen molar-refractivity contribution in [3.05, 3.63) is 47.5 Å². The molecular weight excluding hydrogens is 283 g/mol. The van der Waals surface area contributed by atoms with Crippen molar-refractivity contribution in [1.82, 2.24) is 19.9 Å². The Morgan fingerprint density at radius 1 is 1.10 bits per heavy atom. The molecule has 3 rings (SSSR count). The van der Waals surface area contributed by atoms with E-state index in [2.05, 4.69) is 19.9 Å². The van der Waals surface area contributed by atoms with Gasteiger partial charge in [0.1, 0.15) is 17.7 Å². The van der Waals surface area contributed by atoms with Gasteiger partial charge in [0.25, 0.3) is 0 Å². The number of benzene rings is 1. The zero-order valence-corrected chi connectivity index (χ0v) is 10.6. The Bertz CT molecular complexity index is 777. The summed E-state index contributed by atoms with van der Waals surface area (Å²) in [7, 11) is 0. The summed E-state index contributed by atoms with van der Waals surface area (Å²) < 4.78 is 37.4.